The standard InChI is InChI=1S/C24H23N3O6S/c28-10-9-19(23(30)31)27-22(29)20-11-25-21(34-20)12-26-24(32)33-13-18-16-7-3-1-5-14(16)15-6-2-4-8-17(15)18/h1-8,11,18-19,28H,9-10,12-13H2,(H,26,32)(H,27,29)(H,30,31)/t19-/m1/s1. The lowest BCUT2D eigenvalue weighted by molar-refractivity contribution is -0.139. The number of hydrogen-bond donors (Lipinski definition) is 4. The number of fused-ring (bicyclic) bond motifs is 3. The zero-order valence-electron chi connectivity index (χ0n) is 18.1. The third kappa shape index (κ3) is 5.08. The predicted molar refractivity (Wildman–Crippen MR) is 125 cm³/mol. The zero-order valence-corrected chi connectivity index (χ0v) is 18.9. The van der Waals surface area contributed by atoms with Crippen LogP contribution in [0.3, 0.4) is 0 Å². The minimum Gasteiger partial charge on any atom is -0.480 e. The van der Waals surface area contributed by atoms with E-state index in [1.807, 2.05) is 36.4 Å². The molecule has 0 radical (unpaired) electrons. The molecule has 1 atom stereocenters. The fourth-order valence-electron chi connectivity index (χ4n) is 3.91. The van der Waals surface area contributed by atoms with Crippen molar-refractivity contribution in [1.29, 1.82) is 0 Å². The van der Waals surface area contributed by atoms with Crippen molar-refractivity contribution in [1.82, 2.24) is 15.6 Å². The molecule has 3 aromatic rings. The molecule has 176 valence electrons. The van der Waals surface area contributed by atoms with Gasteiger partial charge in [0.05, 0.1) is 12.7 Å². The summed E-state index contributed by atoms with van der Waals surface area (Å²) in [6.45, 7) is -0.115. The molecule has 0 fully saturated rings. The molecule has 0 saturated heterocycles. The first-order valence-corrected chi connectivity index (χ1v) is 11.5. The van der Waals surface area contributed by atoms with Gasteiger partial charge in [0.1, 0.15) is 22.5 Å². The molecule has 4 rings (SSSR count). The predicted octanol–water partition coefficient (Wildman–Crippen LogP) is 2.75. The number of nitrogens with one attached hydrogen (secondary N) is 2. The first-order chi connectivity index (χ1) is 16.5. The first-order valence-electron chi connectivity index (χ1n) is 10.7. The molecule has 1 aliphatic rings. The normalized spacial score (nSPS) is 13.0. The van der Waals surface area contributed by atoms with E-state index in [2.05, 4.69) is 27.8 Å². The van der Waals surface area contributed by atoms with Crippen LogP contribution in [0.2, 0.25) is 0 Å². The number of hydrogen-bond acceptors (Lipinski definition) is 7. The number of amides is 2. The third-order valence-corrected chi connectivity index (χ3v) is 6.52. The van der Waals surface area contributed by atoms with Gasteiger partial charge < -0.3 is 25.6 Å². The smallest absolute Gasteiger partial charge is 0.407 e. The fraction of sp³-hybridized carbons (Fsp3) is 0.250. The molecule has 9 nitrogen and oxygen atoms in total. The Hall–Kier alpha value is -3.76. The number of carbonyl (C=O) groups excluding carboxylic acids is 2. The third-order valence-electron chi connectivity index (χ3n) is 5.53. The summed E-state index contributed by atoms with van der Waals surface area (Å²) >= 11 is 1.03. The topological polar surface area (TPSA) is 138 Å². The second-order valence-corrected chi connectivity index (χ2v) is 8.79. The Morgan fingerprint density at radius 2 is 1.71 bits per heavy atom. The SMILES string of the molecule is O=C(NCc1ncc(C(=O)N[C@H](CCO)C(=O)O)s1)OCC1c2ccccc2-c2ccccc21. The number of benzene rings is 2. The van der Waals surface area contributed by atoms with E-state index < -0.39 is 24.0 Å². The average Bonchev–Trinajstić information content (AvgIpc) is 3.44. The Balaban J connectivity index is 1.30. The summed E-state index contributed by atoms with van der Waals surface area (Å²) in [5.74, 6) is -1.88. The van der Waals surface area contributed by atoms with Gasteiger partial charge >= 0.3 is 12.1 Å². The molecule has 4 N–H and O–H groups in total. The van der Waals surface area contributed by atoms with Gasteiger partial charge in [0.2, 0.25) is 0 Å². The number of thiazole rings is 1. The minimum atomic E-state index is -1.23. The highest BCUT2D eigenvalue weighted by Crippen LogP contribution is 2.44. The number of nitrogens with zero attached hydrogens (tertiary/aromatic N) is 1. The van der Waals surface area contributed by atoms with Crippen LogP contribution in [-0.2, 0) is 16.1 Å². The van der Waals surface area contributed by atoms with Gasteiger partial charge in [0.25, 0.3) is 5.91 Å². The fourth-order valence-corrected chi connectivity index (χ4v) is 4.67. The van der Waals surface area contributed by atoms with Crippen molar-refractivity contribution in [3.05, 3.63) is 75.7 Å². The summed E-state index contributed by atoms with van der Waals surface area (Å²) in [6, 6.07) is 14.9. The van der Waals surface area contributed by atoms with Gasteiger partial charge in [0, 0.05) is 18.9 Å². The molecule has 2 aromatic carbocycles. The summed E-state index contributed by atoms with van der Waals surface area (Å²) < 4.78 is 5.48. The van der Waals surface area contributed by atoms with Gasteiger partial charge in [-0.2, -0.15) is 0 Å². The van der Waals surface area contributed by atoms with Crippen LogP contribution in [0, 0.1) is 0 Å². The molecule has 34 heavy (non-hydrogen) atoms. The summed E-state index contributed by atoms with van der Waals surface area (Å²) in [5, 5.41) is 23.5. The second kappa shape index (κ2) is 10.4. The van der Waals surface area contributed by atoms with Crippen molar-refractivity contribution < 1.29 is 29.3 Å². The van der Waals surface area contributed by atoms with Crippen LogP contribution >= 0.6 is 11.3 Å². The van der Waals surface area contributed by atoms with Crippen LogP contribution < -0.4 is 10.6 Å². The Kier molecular flexibility index (Phi) is 7.19. The molecule has 1 aliphatic carbocycles. The van der Waals surface area contributed by atoms with E-state index in [9.17, 15) is 14.4 Å². The van der Waals surface area contributed by atoms with Crippen LogP contribution in [0.1, 0.15) is 38.1 Å². The molecule has 1 heterocycles. The van der Waals surface area contributed by atoms with Gasteiger partial charge in [-0.3, -0.25) is 4.79 Å². The molecule has 0 bridgehead atoms. The highest BCUT2D eigenvalue weighted by atomic mass is 32.1. The summed E-state index contributed by atoms with van der Waals surface area (Å²) in [4.78, 5) is 40.0. The maximum Gasteiger partial charge on any atom is 0.407 e. The molecule has 0 aliphatic heterocycles. The monoisotopic (exact) mass is 481 g/mol. The van der Waals surface area contributed by atoms with E-state index in [1.165, 1.54) is 6.20 Å². The number of carboxylic acid groups (broad SMARTS) is 1. The Morgan fingerprint density at radius 1 is 1.06 bits per heavy atom. The van der Waals surface area contributed by atoms with Crippen LogP contribution in [0.4, 0.5) is 4.79 Å². The van der Waals surface area contributed by atoms with Crippen LogP contribution in [0.5, 0.6) is 0 Å². The molecule has 1 aromatic heterocycles. The van der Waals surface area contributed by atoms with Gasteiger partial charge in [-0.1, -0.05) is 48.5 Å². The van der Waals surface area contributed by atoms with Gasteiger partial charge in [-0.25, -0.2) is 14.6 Å². The van der Waals surface area contributed by atoms with Crippen LogP contribution in [-0.4, -0.2) is 52.4 Å². The number of rotatable bonds is 9. The molecule has 0 saturated carbocycles. The number of aliphatic hydroxyl groups is 1. The summed E-state index contributed by atoms with van der Waals surface area (Å²) in [6.07, 6.45) is 0.611. The number of aromatic nitrogens is 1. The Morgan fingerprint density at radius 3 is 2.32 bits per heavy atom. The van der Waals surface area contributed by atoms with Gasteiger partial charge in [-0.05, 0) is 22.3 Å². The molecule has 2 amide bonds. The van der Waals surface area contributed by atoms with Crippen molar-refractivity contribution in [2.24, 2.45) is 0 Å². The van der Waals surface area contributed by atoms with Crippen LogP contribution in [0.25, 0.3) is 11.1 Å². The highest BCUT2D eigenvalue weighted by molar-refractivity contribution is 7.13. The largest absolute Gasteiger partial charge is 0.480 e. The quantitative estimate of drug-likeness (QED) is 0.369. The molecular formula is C24H23N3O6S. The van der Waals surface area contributed by atoms with Crippen molar-refractivity contribution >= 4 is 29.3 Å². The Bertz CT molecular complexity index is 1170. The summed E-state index contributed by atoms with van der Waals surface area (Å²) in [5.41, 5.74) is 4.52. The number of ether oxygens (including phenoxy) is 1. The maximum absolute atomic E-state index is 12.3. The minimum absolute atomic E-state index is 0.0468. The molecule has 0 spiro atoms. The lowest BCUT2D eigenvalue weighted by atomic mass is 9.98. The van der Waals surface area contributed by atoms with Crippen molar-refractivity contribution in [3.8, 4) is 11.1 Å². The van der Waals surface area contributed by atoms with Crippen molar-refractivity contribution in [2.45, 2.75) is 24.9 Å². The number of aliphatic carboxylic acids is 1. The zero-order chi connectivity index (χ0) is 24.1. The van der Waals surface area contributed by atoms with E-state index in [-0.39, 0.29) is 37.0 Å². The number of carbonyl (C=O) groups is 3. The molecular weight excluding hydrogens is 458 g/mol. The van der Waals surface area contributed by atoms with Crippen LogP contribution in [0.15, 0.2) is 54.7 Å². The van der Waals surface area contributed by atoms with E-state index in [0.717, 1.165) is 33.6 Å². The summed E-state index contributed by atoms with van der Waals surface area (Å²) in [7, 11) is 0. The number of aliphatic hydroxyl groups excluding tert-OH is 1. The Labute approximate surface area is 199 Å². The van der Waals surface area contributed by atoms with E-state index in [1.54, 1.807) is 0 Å². The van der Waals surface area contributed by atoms with E-state index in [0.29, 0.717) is 5.01 Å². The van der Waals surface area contributed by atoms with E-state index >= 15 is 0 Å². The maximum atomic E-state index is 12.3. The molecule has 0 unspecified atom stereocenters. The second-order valence-electron chi connectivity index (χ2n) is 7.67. The first kappa shape index (κ1) is 23.4. The van der Waals surface area contributed by atoms with Crippen molar-refractivity contribution in [3.63, 3.8) is 0 Å². The van der Waals surface area contributed by atoms with Gasteiger partial charge in [0.15, 0.2) is 0 Å². The van der Waals surface area contributed by atoms with Crippen molar-refractivity contribution in [2.75, 3.05) is 13.2 Å². The number of alkyl carbamates (subject to hydrolysis) is 1. The number of carboxylic acids is 1. The lowest BCUT2D eigenvalue weighted by Gasteiger charge is -2.14. The molecule has 10 heteroatoms. The van der Waals surface area contributed by atoms with Gasteiger partial charge in [-0.15, -0.1) is 11.3 Å². The average molecular weight is 482 g/mol. The van der Waals surface area contributed by atoms with E-state index in [4.69, 9.17) is 14.9 Å². The highest BCUT2D eigenvalue weighted by Gasteiger charge is 2.29. The lowest BCUT2D eigenvalue weighted by Crippen LogP contribution is -2.41.